The molecule has 0 saturated carbocycles. The molecule has 0 radical (unpaired) electrons. The molecule has 3 amide bonds. The van der Waals surface area contributed by atoms with Crippen molar-refractivity contribution in [1.82, 2.24) is 9.80 Å². The molecule has 132 valence electrons. The average molecular weight is 357 g/mol. The van der Waals surface area contributed by atoms with Gasteiger partial charge < -0.3 is 15.1 Å². The van der Waals surface area contributed by atoms with E-state index in [1.807, 2.05) is 41.3 Å². The SMILES string of the molecule is O=C(CCCc1cccs1)N1CCN(C(=O)Nc2ccccc2)CC1. The zero-order valence-corrected chi connectivity index (χ0v) is 15.0. The summed E-state index contributed by atoms with van der Waals surface area (Å²) in [5.74, 6) is 0.194. The number of thiophene rings is 1. The largest absolute Gasteiger partial charge is 0.339 e. The maximum Gasteiger partial charge on any atom is 0.321 e. The van der Waals surface area contributed by atoms with Crippen molar-refractivity contribution in [3.63, 3.8) is 0 Å². The molecule has 1 aromatic carbocycles. The fraction of sp³-hybridized carbons (Fsp3) is 0.368. The number of para-hydroxylation sites is 1. The molecule has 0 bridgehead atoms. The lowest BCUT2D eigenvalue weighted by Crippen LogP contribution is -2.51. The number of amides is 3. The van der Waals surface area contributed by atoms with Crippen LogP contribution in [0, 0.1) is 0 Å². The van der Waals surface area contributed by atoms with Crippen LogP contribution in [0.15, 0.2) is 47.8 Å². The number of benzene rings is 1. The third-order valence-corrected chi connectivity index (χ3v) is 5.27. The Morgan fingerprint density at radius 3 is 2.36 bits per heavy atom. The topological polar surface area (TPSA) is 52.7 Å². The van der Waals surface area contributed by atoms with Crippen LogP contribution >= 0.6 is 11.3 Å². The molecule has 0 aliphatic carbocycles. The van der Waals surface area contributed by atoms with Gasteiger partial charge in [0.1, 0.15) is 0 Å². The lowest BCUT2D eigenvalue weighted by Gasteiger charge is -2.34. The molecular formula is C19H23N3O2S. The van der Waals surface area contributed by atoms with E-state index in [9.17, 15) is 9.59 Å². The highest BCUT2D eigenvalue weighted by atomic mass is 32.1. The van der Waals surface area contributed by atoms with E-state index in [0.29, 0.717) is 32.6 Å². The van der Waals surface area contributed by atoms with E-state index < -0.39 is 0 Å². The number of anilines is 1. The molecule has 25 heavy (non-hydrogen) atoms. The Kier molecular flexibility index (Phi) is 6.06. The molecule has 1 N–H and O–H groups in total. The van der Waals surface area contributed by atoms with Gasteiger partial charge in [-0.25, -0.2) is 4.79 Å². The maximum atomic E-state index is 12.3. The summed E-state index contributed by atoms with van der Waals surface area (Å²) in [6.45, 7) is 2.38. The number of hydrogen-bond acceptors (Lipinski definition) is 3. The van der Waals surface area contributed by atoms with Crippen molar-refractivity contribution in [3.8, 4) is 0 Å². The van der Waals surface area contributed by atoms with E-state index >= 15 is 0 Å². The normalized spacial score (nSPS) is 14.4. The van der Waals surface area contributed by atoms with Crippen LogP contribution in [0.25, 0.3) is 0 Å². The number of hydrogen-bond donors (Lipinski definition) is 1. The summed E-state index contributed by atoms with van der Waals surface area (Å²) in [7, 11) is 0. The van der Waals surface area contributed by atoms with Gasteiger partial charge in [0, 0.05) is 43.2 Å². The van der Waals surface area contributed by atoms with Crippen LogP contribution < -0.4 is 5.32 Å². The molecule has 0 unspecified atom stereocenters. The summed E-state index contributed by atoms with van der Waals surface area (Å²) in [6.07, 6.45) is 2.42. The first-order chi connectivity index (χ1) is 12.2. The minimum absolute atomic E-state index is 0.101. The second-order valence-electron chi connectivity index (χ2n) is 6.10. The summed E-state index contributed by atoms with van der Waals surface area (Å²) >= 11 is 1.74. The lowest BCUT2D eigenvalue weighted by molar-refractivity contribution is -0.132. The summed E-state index contributed by atoms with van der Waals surface area (Å²) in [5.41, 5.74) is 0.791. The van der Waals surface area contributed by atoms with Crippen molar-refractivity contribution in [2.75, 3.05) is 31.5 Å². The van der Waals surface area contributed by atoms with E-state index in [-0.39, 0.29) is 11.9 Å². The Balaban J connectivity index is 1.38. The van der Waals surface area contributed by atoms with Gasteiger partial charge in [-0.2, -0.15) is 0 Å². The first kappa shape index (κ1) is 17.5. The van der Waals surface area contributed by atoms with Crippen LogP contribution in [0.5, 0.6) is 0 Å². The van der Waals surface area contributed by atoms with Gasteiger partial charge in [0.15, 0.2) is 0 Å². The Labute approximate surface area is 152 Å². The van der Waals surface area contributed by atoms with Crippen molar-refractivity contribution in [1.29, 1.82) is 0 Å². The predicted molar refractivity (Wildman–Crippen MR) is 101 cm³/mol. The Morgan fingerprint density at radius 1 is 0.960 bits per heavy atom. The van der Waals surface area contributed by atoms with Gasteiger partial charge in [-0.05, 0) is 36.4 Å². The van der Waals surface area contributed by atoms with E-state index in [1.54, 1.807) is 16.2 Å². The van der Waals surface area contributed by atoms with Crippen LogP contribution in [0.3, 0.4) is 0 Å². The molecule has 1 aliphatic rings. The van der Waals surface area contributed by atoms with E-state index in [2.05, 4.69) is 16.8 Å². The first-order valence-electron chi connectivity index (χ1n) is 8.63. The molecule has 6 heteroatoms. The number of carbonyl (C=O) groups excluding carboxylic acids is 2. The molecule has 1 aromatic heterocycles. The molecule has 2 aromatic rings. The predicted octanol–water partition coefficient (Wildman–Crippen LogP) is 3.45. The second-order valence-corrected chi connectivity index (χ2v) is 7.13. The third-order valence-electron chi connectivity index (χ3n) is 4.34. The number of urea groups is 1. The lowest BCUT2D eigenvalue weighted by atomic mass is 10.2. The Morgan fingerprint density at radius 2 is 1.68 bits per heavy atom. The van der Waals surface area contributed by atoms with Crippen molar-refractivity contribution >= 4 is 29.0 Å². The molecule has 5 nitrogen and oxygen atoms in total. The van der Waals surface area contributed by atoms with Crippen LogP contribution in [0.2, 0.25) is 0 Å². The van der Waals surface area contributed by atoms with Crippen LogP contribution in [0.4, 0.5) is 10.5 Å². The molecule has 0 spiro atoms. The number of rotatable bonds is 5. The minimum Gasteiger partial charge on any atom is -0.339 e. The van der Waals surface area contributed by atoms with E-state index in [1.165, 1.54) is 4.88 Å². The fourth-order valence-electron chi connectivity index (χ4n) is 2.91. The molecule has 3 rings (SSSR count). The quantitative estimate of drug-likeness (QED) is 0.891. The first-order valence-corrected chi connectivity index (χ1v) is 9.51. The standard InChI is InChI=1S/C19H23N3O2S/c23-18(10-4-8-17-9-5-15-25-17)21-11-13-22(14-12-21)19(24)20-16-6-2-1-3-7-16/h1-3,5-7,9,15H,4,8,10-14H2,(H,20,24). The Hall–Kier alpha value is -2.34. The van der Waals surface area contributed by atoms with Gasteiger partial charge in [-0.3, -0.25) is 4.79 Å². The van der Waals surface area contributed by atoms with E-state index in [4.69, 9.17) is 0 Å². The van der Waals surface area contributed by atoms with Crippen molar-refractivity contribution in [2.24, 2.45) is 0 Å². The maximum absolute atomic E-state index is 12.3. The molecule has 1 fully saturated rings. The van der Waals surface area contributed by atoms with Gasteiger partial charge >= 0.3 is 6.03 Å². The smallest absolute Gasteiger partial charge is 0.321 e. The van der Waals surface area contributed by atoms with Crippen LogP contribution in [-0.2, 0) is 11.2 Å². The zero-order chi connectivity index (χ0) is 17.5. The van der Waals surface area contributed by atoms with E-state index in [0.717, 1.165) is 18.5 Å². The fourth-order valence-corrected chi connectivity index (χ4v) is 3.66. The van der Waals surface area contributed by atoms with Gasteiger partial charge in [0.05, 0.1) is 0 Å². The molecule has 2 heterocycles. The summed E-state index contributed by atoms with van der Waals surface area (Å²) < 4.78 is 0. The Bertz CT molecular complexity index is 680. The highest BCUT2D eigenvalue weighted by molar-refractivity contribution is 7.09. The van der Waals surface area contributed by atoms with Crippen LogP contribution in [-0.4, -0.2) is 47.9 Å². The molecule has 0 atom stereocenters. The highest BCUT2D eigenvalue weighted by Gasteiger charge is 2.23. The van der Waals surface area contributed by atoms with Gasteiger partial charge in [0.25, 0.3) is 0 Å². The summed E-state index contributed by atoms with van der Waals surface area (Å²) in [4.78, 5) is 29.5. The third kappa shape index (κ3) is 5.06. The number of aryl methyl sites for hydroxylation is 1. The van der Waals surface area contributed by atoms with Crippen LogP contribution in [0.1, 0.15) is 17.7 Å². The zero-order valence-electron chi connectivity index (χ0n) is 14.2. The van der Waals surface area contributed by atoms with Crippen molar-refractivity contribution in [3.05, 3.63) is 52.7 Å². The van der Waals surface area contributed by atoms with Crippen molar-refractivity contribution < 1.29 is 9.59 Å². The molecule has 1 aliphatic heterocycles. The van der Waals surface area contributed by atoms with Crippen molar-refractivity contribution in [2.45, 2.75) is 19.3 Å². The number of carbonyl (C=O) groups is 2. The number of nitrogens with zero attached hydrogens (tertiary/aromatic N) is 2. The number of piperazine rings is 1. The monoisotopic (exact) mass is 357 g/mol. The molecular weight excluding hydrogens is 334 g/mol. The highest BCUT2D eigenvalue weighted by Crippen LogP contribution is 2.14. The summed E-state index contributed by atoms with van der Waals surface area (Å²) in [5, 5.41) is 4.96. The number of nitrogens with one attached hydrogen (secondary N) is 1. The second kappa shape index (κ2) is 8.67. The minimum atomic E-state index is -0.101. The van der Waals surface area contributed by atoms with Gasteiger partial charge in [-0.1, -0.05) is 24.3 Å². The molecule has 1 saturated heterocycles. The van der Waals surface area contributed by atoms with Gasteiger partial charge in [-0.15, -0.1) is 11.3 Å². The average Bonchev–Trinajstić information content (AvgIpc) is 3.16. The van der Waals surface area contributed by atoms with Gasteiger partial charge in [0.2, 0.25) is 5.91 Å². The summed E-state index contributed by atoms with van der Waals surface area (Å²) in [6, 6.07) is 13.5.